The number of hydrogen-bond acceptors (Lipinski definition) is 3. The Morgan fingerprint density at radius 1 is 1.77 bits per heavy atom. The molecule has 2 N–H and O–H groups in total. The molecule has 1 rings (SSSR count). The number of carbonyl (C=O) groups excluding carboxylic acids is 2. The normalized spacial score (nSPS) is 20.1. The number of hydrogen-bond donors (Lipinski definition) is 2. The molecule has 0 saturated heterocycles. The Labute approximate surface area is 76.6 Å². The highest BCUT2D eigenvalue weighted by molar-refractivity contribution is 5.97. The first-order chi connectivity index (χ1) is 6.20. The molecule has 0 radical (unpaired) electrons. The van der Waals surface area contributed by atoms with Gasteiger partial charge in [0.25, 0.3) is 0 Å². The molecule has 5 heteroatoms. The smallest absolute Gasteiger partial charge is 0.248 e. The molecular formula is C8H13N3O2. The van der Waals surface area contributed by atoms with E-state index in [0.717, 1.165) is 12.8 Å². The molecule has 13 heavy (non-hydrogen) atoms. The molecule has 0 fully saturated rings. The summed E-state index contributed by atoms with van der Waals surface area (Å²) in [6.07, 6.45) is 3.13. The van der Waals surface area contributed by atoms with Crippen molar-refractivity contribution in [2.45, 2.75) is 19.8 Å². The third-order valence-corrected chi connectivity index (χ3v) is 1.83. The lowest BCUT2D eigenvalue weighted by Gasteiger charge is -2.04. The van der Waals surface area contributed by atoms with Crippen LogP contribution >= 0.6 is 0 Å². The molecule has 0 aromatic rings. The van der Waals surface area contributed by atoms with Crippen LogP contribution in [0.5, 0.6) is 0 Å². The summed E-state index contributed by atoms with van der Waals surface area (Å²) in [5.74, 6) is -0.207. The molecule has 1 unspecified atom stereocenters. The molecule has 0 aromatic heterocycles. The molecule has 0 aromatic carbocycles. The molecule has 72 valence electrons. The fourth-order valence-corrected chi connectivity index (χ4v) is 1.13. The molecule has 0 spiro atoms. The van der Waals surface area contributed by atoms with Gasteiger partial charge in [0.2, 0.25) is 11.8 Å². The van der Waals surface area contributed by atoms with Crippen molar-refractivity contribution in [3.8, 4) is 0 Å². The second-order valence-electron chi connectivity index (χ2n) is 2.99. The quantitative estimate of drug-likeness (QED) is 0.584. The summed E-state index contributed by atoms with van der Waals surface area (Å²) in [7, 11) is 0. The van der Waals surface area contributed by atoms with E-state index in [1.165, 1.54) is 6.92 Å². The van der Waals surface area contributed by atoms with Gasteiger partial charge in [0.1, 0.15) is 0 Å². The molecular weight excluding hydrogens is 170 g/mol. The Kier molecular flexibility index (Phi) is 3.42. The van der Waals surface area contributed by atoms with E-state index >= 15 is 0 Å². The summed E-state index contributed by atoms with van der Waals surface area (Å²) in [6.45, 7) is 2.09. The predicted octanol–water partition coefficient (Wildman–Crippen LogP) is -0.366. The number of amides is 2. The summed E-state index contributed by atoms with van der Waals surface area (Å²) < 4.78 is 0. The van der Waals surface area contributed by atoms with Crippen molar-refractivity contribution in [2.75, 3.05) is 6.54 Å². The average Bonchev–Trinajstić information content (AvgIpc) is 2.45. The molecule has 1 aliphatic heterocycles. The zero-order chi connectivity index (χ0) is 9.68. The Morgan fingerprint density at radius 3 is 3.08 bits per heavy atom. The summed E-state index contributed by atoms with van der Waals surface area (Å²) in [5.41, 5.74) is 2.36. The van der Waals surface area contributed by atoms with E-state index in [0.29, 0.717) is 6.54 Å². The first-order valence-electron chi connectivity index (χ1n) is 4.27. The minimum absolute atomic E-state index is 0.0375. The minimum Gasteiger partial charge on any atom is -0.356 e. The predicted molar refractivity (Wildman–Crippen MR) is 48.0 cm³/mol. The van der Waals surface area contributed by atoms with Gasteiger partial charge in [-0.25, -0.2) is 5.43 Å². The highest BCUT2D eigenvalue weighted by Crippen LogP contribution is 2.06. The van der Waals surface area contributed by atoms with Gasteiger partial charge in [0.15, 0.2) is 0 Å². The van der Waals surface area contributed by atoms with Crippen LogP contribution in [-0.2, 0) is 9.59 Å². The van der Waals surface area contributed by atoms with Gasteiger partial charge in [-0.2, -0.15) is 5.10 Å². The van der Waals surface area contributed by atoms with Crippen molar-refractivity contribution < 1.29 is 9.59 Å². The summed E-state index contributed by atoms with van der Waals surface area (Å²) in [6, 6.07) is 0. The van der Waals surface area contributed by atoms with Crippen molar-refractivity contribution in [1.82, 2.24) is 10.7 Å². The Bertz CT molecular complexity index is 238. The summed E-state index contributed by atoms with van der Waals surface area (Å²) in [4.78, 5) is 21.5. The molecule has 0 aliphatic carbocycles. The lowest BCUT2D eigenvalue weighted by atomic mass is 10.1. The van der Waals surface area contributed by atoms with E-state index in [1.54, 1.807) is 6.21 Å². The van der Waals surface area contributed by atoms with Crippen molar-refractivity contribution in [2.24, 2.45) is 11.0 Å². The largest absolute Gasteiger partial charge is 0.356 e. The van der Waals surface area contributed by atoms with Crippen LogP contribution in [0, 0.1) is 5.92 Å². The van der Waals surface area contributed by atoms with Crippen molar-refractivity contribution in [1.29, 1.82) is 0 Å². The number of rotatable bonds is 4. The first-order valence-corrected chi connectivity index (χ1v) is 4.27. The van der Waals surface area contributed by atoms with Gasteiger partial charge < -0.3 is 5.32 Å². The summed E-state index contributed by atoms with van der Waals surface area (Å²) in [5, 5.41) is 6.32. The zero-order valence-corrected chi connectivity index (χ0v) is 7.54. The van der Waals surface area contributed by atoms with Crippen LogP contribution in [0.25, 0.3) is 0 Å². The second kappa shape index (κ2) is 4.59. The maximum Gasteiger partial charge on any atom is 0.248 e. The zero-order valence-electron chi connectivity index (χ0n) is 7.54. The minimum atomic E-state index is -0.117. The van der Waals surface area contributed by atoms with Gasteiger partial charge in [-0.15, -0.1) is 0 Å². The topological polar surface area (TPSA) is 70.6 Å². The standard InChI is InChI=1S/C8H13N3O2/c1-6(12)9-4-2-3-7-5-10-11-8(7)13/h5,7H,2-4H2,1H3,(H,9,12)(H,11,13). The summed E-state index contributed by atoms with van der Waals surface area (Å²) >= 11 is 0. The van der Waals surface area contributed by atoms with Gasteiger partial charge in [0, 0.05) is 19.7 Å². The van der Waals surface area contributed by atoms with Crippen LogP contribution in [-0.4, -0.2) is 24.6 Å². The van der Waals surface area contributed by atoms with Crippen LogP contribution in [0.1, 0.15) is 19.8 Å². The Morgan fingerprint density at radius 2 is 2.54 bits per heavy atom. The first kappa shape index (κ1) is 9.70. The third kappa shape index (κ3) is 3.23. The lowest BCUT2D eigenvalue weighted by molar-refractivity contribution is -0.122. The molecule has 5 nitrogen and oxygen atoms in total. The molecule has 1 atom stereocenters. The Balaban J connectivity index is 2.09. The molecule has 0 saturated carbocycles. The van der Waals surface area contributed by atoms with Gasteiger partial charge >= 0.3 is 0 Å². The van der Waals surface area contributed by atoms with E-state index < -0.39 is 0 Å². The lowest BCUT2D eigenvalue weighted by Crippen LogP contribution is -2.24. The maximum absolute atomic E-state index is 11.0. The van der Waals surface area contributed by atoms with Crippen LogP contribution in [0.4, 0.5) is 0 Å². The SMILES string of the molecule is CC(=O)NCCCC1C=NNC1=O. The van der Waals surface area contributed by atoms with Crippen molar-refractivity contribution >= 4 is 18.0 Å². The van der Waals surface area contributed by atoms with Crippen molar-refractivity contribution in [3.63, 3.8) is 0 Å². The monoisotopic (exact) mass is 183 g/mol. The van der Waals surface area contributed by atoms with Gasteiger partial charge in [-0.05, 0) is 12.8 Å². The molecule has 2 amide bonds. The number of carbonyl (C=O) groups is 2. The fraction of sp³-hybridized carbons (Fsp3) is 0.625. The van der Waals surface area contributed by atoms with Crippen LogP contribution < -0.4 is 10.7 Å². The average molecular weight is 183 g/mol. The van der Waals surface area contributed by atoms with E-state index in [1.807, 2.05) is 0 Å². The van der Waals surface area contributed by atoms with Crippen LogP contribution in [0.3, 0.4) is 0 Å². The van der Waals surface area contributed by atoms with E-state index in [4.69, 9.17) is 0 Å². The van der Waals surface area contributed by atoms with Crippen molar-refractivity contribution in [3.05, 3.63) is 0 Å². The van der Waals surface area contributed by atoms with Crippen LogP contribution in [0.15, 0.2) is 5.10 Å². The Hall–Kier alpha value is -1.39. The van der Waals surface area contributed by atoms with E-state index in [2.05, 4.69) is 15.8 Å². The maximum atomic E-state index is 11.0. The molecule has 1 heterocycles. The fourth-order valence-electron chi connectivity index (χ4n) is 1.13. The van der Waals surface area contributed by atoms with Gasteiger partial charge in [-0.1, -0.05) is 0 Å². The van der Waals surface area contributed by atoms with Crippen LogP contribution in [0.2, 0.25) is 0 Å². The molecule has 0 bridgehead atoms. The highest BCUT2D eigenvalue weighted by Gasteiger charge is 2.19. The highest BCUT2D eigenvalue weighted by atomic mass is 16.2. The number of hydrazone groups is 1. The van der Waals surface area contributed by atoms with E-state index in [-0.39, 0.29) is 17.7 Å². The van der Waals surface area contributed by atoms with Gasteiger partial charge in [-0.3, -0.25) is 9.59 Å². The van der Waals surface area contributed by atoms with E-state index in [9.17, 15) is 9.59 Å². The third-order valence-electron chi connectivity index (χ3n) is 1.83. The van der Waals surface area contributed by atoms with Gasteiger partial charge in [0.05, 0.1) is 5.92 Å². The number of nitrogens with one attached hydrogen (secondary N) is 2. The molecule has 1 aliphatic rings. The second-order valence-corrected chi connectivity index (χ2v) is 2.99. The number of nitrogens with zero attached hydrogens (tertiary/aromatic N) is 1.